The number of rotatable bonds is 6. The van der Waals surface area contributed by atoms with E-state index in [0.717, 1.165) is 38.7 Å². The van der Waals surface area contributed by atoms with Crippen LogP contribution in [0.25, 0.3) is 16.9 Å². The number of fused-ring (bicyclic) bond motifs is 1. The van der Waals surface area contributed by atoms with Gasteiger partial charge in [0.1, 0.15) is 16.1 Å². The van der Waals surface area contributed by atoms with E-state index in [1.54, 1.807) is 20.4 Å². The summed E-state index contributed by atoms with van der Waals surface area (Å²) >= 11 is 3.46. The van der Waals surface area contributed by atoms with Gasteiger partial charge in [0.15, 0.2) is 17.1 Å². The van der Waals surface area contributed by atoms with Crippen molar-refractivity contribution in [3.8, 4) is 22.8 Å². The van der Waals surface area contributed by atoms with Gasteiger partial charge in [-0.1, -0.05) is 12.1 Å². The summed E-state index contributed by atoms with van der Waals surface area (Å²) in [6.45, 7) is 0. The van der Waals surface area contributed by atoms with Crippen molar-refractivity contribution in [3.05, 3.63) is 59.5 Å². The molecule has 0 bridgehead atoms. The molecule has 0 fully saturated rings. The molecule has 0 spiro atoms. The first-order valence-corrected chi connectivity index (χ1v) is 10.1. The predicted molar refractivity (Wildman–Crippen MR) is 123 cm³/mol. The third kappa shape index (κ3) is 3.78. The van der Waals surface area contributed by atoms with Gasteiger partial charge >= 0.3 is 0 Å². The molecule has 2 aromatic carbocycles. The maximum Gasteiger partial charge on any atom is 0.162 e. The number of benzene rings is 2. The van der Waals surface area contributed by atoms with Gasteiger partial charge in [0, 0.05) is 43.3 Å². The van der Waals surface area contributed by atoms with Crippen LogP contribution in [-0.2, 0) is 0 Å². The fourth-order valence-electron chi connectivity index (χ4n) is 3.22. The summed E-state index contributed by atoms with van der Waals surface area (Å²) in [4.78, 5) is 11.2. The molecule has 0 aliphatic carbocycles. The number of nitrogens with one attached hydrogen (secondary N) is 1. The molecule has 4 aromatic rings. The van der Waals surface area contributed by atoms with Crippen LogP contribution in [0.4, 0.5) is 17.2 Å². The zero-order valence-corrected chi connectivity index (χ0v) is 18.8. The van der Waals surface area contributed by atoms with Crippen molar-refractivity contribution in [2.24, 2.45) is 0 Å². The van der Waals surface area contributed by atoms with Gasteiger partial charge in [-0.3, -0.25) is 4.40 Å². The average molecular weight is 468 g/mol. The first-order chi connectivity index (χ1) is 14.5. The van der Waals surface area contributed by atoms with Crippen molar-refractivity contribution in [1.29, 1.82) is 0 Å². The Balaban J connectivity index is 1.83. The number of imidazole rings is 1. The molecule has 0 atom stereocenters. The third-order valence-electron chi connectivity index (χ3n) is 4.78. The van der Waals surface area contributed by atoms with Crippen LogP contribution in [0.2, 0.25) is 0 Å². The van der Waals surface area contributed by atoms with Gasteiger partial charge in [0.05, 0.1) is 20.4 Å². The molecule has 7 nitrogen and oxygen atoms in total. The van der Waals surface area contributed by atoms with E-state index in [2.05, 4.69) is 55.4 Å². The highest BCUT2D eigenvalue weighted by molar-refractivity contribution is 9.10. The lowest BCUT2D eigenvalue weighted by Crippen LogP contribution is -2.07. The molecule has 0 aliphatic rings. The molecule has 0 amide bonds. The Kier molecular flexibility index (Phi) is 5.50. The van der Waals surface area contributed by atoms with Crippen LogP contribution in [0.5, 0.6) is 11.5 Å². The van der Waals surface area contributed by atoms with Crippen LogP contribution < -0.4 is 19.7 Å². The maximum absolute atomic E-state index is 5.44. The highest BCUT2D eigenvalue weighted by atomic mass is 79.9. The van der Waals surface area contributed by atoms with E-state index in [9.17, 15) is 0 Å². The Bertz CT molecular complexity index is 1190. The smallest absolute Gasteiger partial charge is 0.162 e. The fourth-order valence-corrected chi connectivity index (χ4v) is 3.53. The number of nitrogens with zero attached hydrogens (tertiary/aromatic N) is 4. The minimum Gasteiger partial charge on any atom is -0.493 e. The molecule has 30 heavy (non-hydrogen) atoms. The van der Waals surface area contributed by atoms with Gasteiger partial charge in [-0.2, -0.15) is 0 Å². The van der Waals surface area contributed by atoms with Crippen LogP contribution in [-0.4, -0.2) is 42.7 Å². The highest BCUT2D eigenvalue weighted by Crippen LogP contribution is 2.35. The van der Waals surface area contributed by atoms with E-state index in [0.29, 0.717) is 11.5 Å². The summed E-state index contributed by atoms with van der Waals surface area (Å²) in [7, 11) is 7.28. The van der Waals surface area contributed by atoms with Gasteiger partial charge in [0.2, 0.25) is 0 Å². The van der Waals surface area contributed by atoms with Gasteiger partial charge in [-0.15, -0.1) is 0 Å². The molecule has 2 heterocycles. The van der Waals surface area contributed by atoms with E-state index >= 15 is 0 Å². The molecule has 0 radical (unpaired) electrons. The molecule has 154 valence electrons. The molecule has 0 unspecified atom stereocenters. The van der Waals surface area contributed by atoms with Crippen molar-refractivity contribution in [1.82, 2.24) is 14.4 Å². The molecule has 0 aliphatic heterocycles. The summed E-state index contributed by atoms with van der Waals surface area (Å²) in [6.07, 6.45) is 3.63. The zero-order chi connectivity index (χ0) is 21.3. The van der Waals surface area contributed by atoms with Crippen molar-refractivity contribution in [2.45, 2.75) is 0 Å². The van der Waals surface area contributed by atoms with E-state index < -0.39 is 0 Å². The van der Waals surface area contributed by atoms with Crippen LogP contribution >= 0.6 is 15.9 Å². The number of aromatic nitrogens is 3. The second-order valence-electron chi connectivity index (χ2n) is 6.88. The summed E-state index contributed by atoms with van der Waals surface area (Å²) in [6, 6.07) is 14.0. The normalized spacial score (nSPS) is 10.8. The van der Waals surface area contributed by atoms with Gasteiger partial charge < -0.3 is 19.7 Å². The van der Waals surface area contributed by atoms with Crippen molar-refractivity contribution in [2.75, 3.05) is 38.5 Å². The molecule has 4 rings (SSSR count). The minimum absolute atomic E-state index is 0.649. The standard InChI is InChI=1S/C22H22BrN5O2/c1-27(2)16-8-5-14(6-9-16)21-22(28-13-19(23)24-12-20(28)26-21)25-15-7-10-17(29-3)18(11-15)30-4/h5-13,25H,1-4H3. The summed E-state index contributed by atoms with van der Waals surface area (Å²) < 4.78 is 13.5. The van der Waals surface area contributed by atoms with E-state index in [1.807, 2.05) is 42.9 Å². The molecule has 8 heteroatoms. The lowest BCUT2D eigenvalue weighted by molar-refractivity contribution is 0.355. The van der Waals surface area contributed by atoms with Crippen molar-refractivity contribution < 1.29 is 9.47 Å². The number of halogens is 1. The van der Waals surface area contributed by atoms with Gasteiger partial charge in [-0.25, -0.2) is 9.97 Å². The SMILES string of the molecule is COc1ccc(Nc2c(-c3ccc(N(C)C)cc3)nc3cnc(Br)cn23)cc1OC. The lowest BCUT2D eigenvalue weighted by atomic mass is 10.1. The number of hydrogen-bond acceptors (Lipinski definition) is 6. The van der Waals surface area contributed by atoms with Crippen molar-refractivity contribution in [3.63, 3.8) is 0 Å². The van der Waals surface area contributed by atoms with Crippen LogP contribution in [0.15, 0.2) is 59.5 Å². The van der Waals surface area contributed by atoms with Crippen LogP contribution in [0, 0.1) is 0 Å². The molecule has 1 N–H and O–H groups in total. The molecular formula is C22H22BrN5O2. The highest BCUT2D eigenvalue weighted by Gasteiger charge is 2.16. The second-order valence-corrected chi connectivity index (χ2v) is 7.70. The number of ether oxygens (including phenoxy) is 2. The molecule has 0 saturated heterocycles. The van der Waals surface area contributed by atoms with Gasteiger partial charge in [-0.05, 0) is 40.2 Å². The van der Waals surface area contributed by atoms with E-state index in [4.69, 9.17) is 14.5 Å². The lowest BCUT2D eigenvalue weighted by Gasteiger charge is -2.14. The third-order valence-corrected chi connectivity index (χ3v) is 5.19. The zero-order valence-electron chi connectivity index (χ0n) is 17.2. The van der Waals surface area contributed by atoms with E-state index in [1.165, 1.54) is 0 Å². The summed E-state index contributed by atoms with van der Waals surface area (Å²) in [5.41, 5.74) is 4.56. The molecular weight excluding hydrogens is 446 g/mol. The largest absolute Gasteiger partial charge is 0.493 e. The number of methoxy groups -OCH3 is 2. The van der Waals surface area contributed by atoms with Crippen LogP contribution in [0.1, 0.15) is 0 Å². The quantitative estimate of drug-likeness (QED) is 0.431. The first-order valence-electron chi connectivity index (χ1n) is 9.30. The second kappa shape index (κ2) is 8.23. The van der Waals surface area contributed by atoms with Crippen molar-refractivity contribution >= 4 is 38.8 Å². The molecule has 2 aromatic heterocycles. The predicted octanol–water partition coefficient (Wildman–Crippen LogP) is 4.99. The Hall–Kier alpha value is -3.26. The van der Waals surface area contributed by atoms with Crippen LogP contribution in [0.3, 0.4) is 0 Å². The topological polar surface area (TPSA) is 63.9 Å². The Labute approximate surface area is 183 Å². The number of anilines is 3. The molecule has 0 saturated carbocycles. The Morgan fingerprint density at radius 1 is 1.00 bits per heavy atom. The fraction of sp³-hybridized carbons (Fsp3) is 0.182. The Morgan fingerprint density at radius 2 is 1.73 bits per heavy atom. The maximum atomic E-state index is 5.44. The Morgan fingerprint density at radius 3 is 2.40 bits per heavy atom. The monoisotopic (exact) mass is 467 g/mol. The minimum atomic E-state index is 0.649. The summed E-state index contributed by atoms with van der Waals surface area (Å²) in [5, 5.41) is 3.49. The summed E-state index contributed by atoms with van der Waals surface area (Å²) in [5.74, 6) is 2.15. The van der Waals surface area contributed by atoms with Gasteiger partial charge in [0.25, 0.3) is 0 Å². The first kappa shape index (κ1) is 20.0. The number of hydrogen-bond donors (Lipinski definition) is 1. The average Bonchev–Trinajstić information content (AvgIpc) is 3.11. The van der Waals surface area contributed by atoms with E-state index in [-0.39, 0.29) is 0 Å².